The van der Waals surface area contributed by atoms with E-state index in [0.29, 0.717) is 5.00 Å². The number of hydrogen-bond acceptors (Lipinski definition) is 5. The normalized spacial score (nSPS) is 10.0. The molecule has 0 saturated heterocycles. The van der Waals surface area contributed by atoms with E-state index in [-0.39, 0.29) is 5.69 Å². The van der Waals surface area contributed by atoms with Crippen LogP contribution in [0.1, 0.15) is 10.5 Å². The third-order valence-electron chi connectivity index (χ3n) is 1.55. The number of thiophene rings is 1. The van der Waals surface area contributed by atoms with Gasteiger partial charge in [-0.05, 0) is 11.4 Å². The lowest BCUT2D eigenvalue weighted by atomic mass is 10.4. The Morgan fingerprint density at radius 1 is 1.57 bits per heavy atom. The van der Waals surface area contributed by atoms with Crippen LogP contribution in [0, 0.1) is 0 Å². The van der Waals surface area contributed by atoms with E-state index in [9.17, 15) is 4.79 Å². The first-order valence-corrected chi connectivity index (χ1v) is 5.55. The Balaban J connectivity index is 2.25. The molecule has 0 atom stereocenters. The summed E-state index contributed by atoms with van der Waals surface area (Å²) in [7, 11) is 0. The SMILES string of the molecule is O=C(O)c1ncsc1Nc1ccsc1. The molecule has 2 rings (SSSR count). The number of rotatable bonds is 3. The van der Waals surface area contributed by atoms with Gasteiger partial charge in [0.05, 0.1) is 5.51 Å². The molecule has 0 aliphatic rings. The number of aromatic nitrogens is 1. The molecule has 2 aromatic rings. The van der Waals surface area contributed by atoms with E-state index in [1.807, 2.05) is 16.8 Å². The maximum Gasteiger partial charge on any atom is 0.357 e. The van der Waals surface area contributed by atoms with Gasteiger partial charge in [0, 0.05) is 11.1 Å². The second-order valence-electron chi connectivity index (χ2n) is 2.47. The molecule has 0 aliphatic heterocycles. The van der Waals surface area contributed by atoms with Crippen molar-refractivity contribution in [2.45, 2.75) is 0 Å². The molecule has 6 heteroatoms. The monoisotopic (exact) mass is 226 g/mol. The summed E-state index contributed by atoms with van der Waals surface area (Å²) in [6.45, 7) is 0. The third kappa shape index (κ3) is 1.75. The summed E-state index contributed by atoms with van der Waals surface area (Å²) in [5.74, 6) is -1.01. The lowest BCUT2D eigenvalue weighted by molar-refractivity contribution is 0.0692. The summed E-state index contributed by atoms with van der Waals surface area (Å²) in [5, 5.41) is 16.2. The van der Waals surface area contributed by atoms with Gasteiger partial charge in [0.1, 0.15) is 5.00 Å². The highest BCUT2D eigenvalue weighted by molar-refractivity contribution is 7.14. The van der Waals surface area contributed by atoms with Crippen molar-refractivity contribution < 1.29 is 9.90 Å². The lowest BCUT2D eigenvalue weighted by Gasteiger charge is -1.99. The van der Waals surface area contributed by atoms with Gasteiger partial charge in [0.15, 0.2) is 5.69 Å². The molecule has 0 spiro atoms. The Hall–Kier alpha value is -1.40. The number of thiazole rings is 1. The first-order chi connectivity index (χ1) is 6.77. The molecule has 0 bridgehead atoms. The van der Waals surface area contributed by atoms with Crippen molar-refractivity contribution in [2.24, 2.45) is 0 Å². The number of anilines is 2. The van der Waals surface area contributed by atoms with Crippen LogP contribution in [0.25, 0.3) is 0 Å². The number of carboxylic acids is 1. The fraction of sp³-hybridized carbons (Fsp3) is 0. The molecular formula is C8H6N2O2S2. The van der Waals surface area contributed by atoms with Crippen molar-refractivity contribution >= 4 is 39.3 Å². The Labute approximate surface area is 87.9 Å². The van der Waals surface area contributed by atoms with E-state index in [0.717, 1.165) is 5.69 Å². The number of carboxylic acid groups (broad SMARTS) is 1. The zero-order valence-corrected chi connectivity index (χ0v) is 8.56. The second-order valence-corrected chi connectivity index (χ2v) is 4.11. The van der Waals surface area contributed by atoms with Gasteiger partial charge in [-0.25, -0.2) is 9.78 Å². The second kappa shape index (κ2) is 3.77. The molecule has 0 fully saturated rings. The molecule has 4 nitrogen and oxygen atoms in total. The van der Waals surface area contributed by atoms with Gasteiger partial charge in [-0.2, -0.15) is 11.3 Å². The minimum absolute atomic E-state index is 0.0706. The topological polar surface area (TPSA) is 62.2 Å². The zero-order chi connectivity index (χ0) is 9.97. The van der Waals surface area contributed by atoms with E-state index in [1.165, 1.54) is 16.8 Å². The predicted octanol–water partition coefficient (Wildman–Crippen LogP) is 2.65. The van der Waals surface area contributed by atoms with Crippen molar-refractivity contribution in [1.29, 1.82) is 0 Å². The summed E-state index contributed by atoms with van der Waals surface area (Å²) in [6, 6.07) is 1.88. The highest BCUT2D eigenvalue weighted by atomic mass is 32.1. The maximum atomic E-state index is 10.7. The predicted molar refractivity (Wildman–Crippen MR) is 56.7 cm³/mol. The van der Waals surface area contributed by atoms with Gasteiger partial charge in [0.25, 0.3) is 0 Å². The molecule has 2 heterocycles. The number of carbonyl (C=O) groups is 1. The number of hydrogen-bond donors (Lipinski definition) is 2. The van der Waals surface area contributed by atoms with Crippen molar-refractivity contribution in [2.75, 3.05) is 5.32 Å². The van der Waals surface area contributed by atoms with Gasteiger partial charge < -0.3 is 10.4 Å². The first-order valence-electron chi connectivity index (χ1n) is 3.73. The van der Waals surface area contributed by atoms with E-state index in [4.69, 9.17) is 5.11 Å². The molecule has 72 valence electrons. The Bertz CT molecular complexity index is 436. The summed E-state index contributed by atoms with van der Waals surface area (Å²) in [6.07, 6.45) is 0. The Morgan fingerprint density at radius 2 is 2.43 bits per heavy atom. The Kier molecular flexibility index (Phi) is 2.47. The van der Waals surface area contributed by atoms with Crippen molar-refractivity contribution in [1.82, 2.24) is 4.98 Å². The first kappa shape index (κ1) is 9.17. The van der Waals surface area contributed by atoms with Gasteiger partial charge in [-0.3, -0.25) is 0 Å². The van der Waals surface area contributed by atoms with Crippen molar-refractivity contribution in [3.63, 3.8) is 0 Å². The van der Waals surface area contributed by atoms with E-state index < -0.39 is 5.97 Å². The largest absolute Gasteiger partial charge is 0.476 e. The van der Waals surface area contributed by atoms with Crippen LogP contribution in [0.4, 0.5) is 10.7 Å². The summed E-state index contributed by atoms with van der Waals surface area (Å²) < 4.78 is 0. The molecule has 0 aromatic carbocycles. The number of aromatic carboxylic acids is 1. The molecule has 0 unspecified atom stereocenters. The molecule has 0 radical (unpaired) electrons. The van der Waals surface area contributed by atoms with Crippen LogP contribution >= 0.6 is 22.7 Å². The molecule has 2 aromatic heterocycles. The third-order valence-corrected chi connectivity index (χ3v) is 2.97. The Morgan fingerprint density at radius 3 is 3.07 bits per heavy atom. The van der Waals surface area contributed by atoms with Gasteiger partial charge in [-0.15, -0.1) is 11.3 Å². The average molecular weight is 226 g/mol. The molecule has 0 aliphatic carbocycles. The van der Waals surface area contributed by atoms with Crippen LogP contribution in [0.15, 0.2) is 22.3 Å². The molecule has 0 saturated carbocycles. The standard InChI is InChI=1S/C8H6N2O2S2/c11-8(12)6-7(14-4-9-6)10-5-1-2-13-3-5/h1-4,10H,(H,11,12). The van der Waals surface area contributed by atoms with Gasteiger partial charge in [-0.1, -0.05) is 0 Å². The maximum absolute atomic E-state index is 10.7. The van der Waals surface area contributed by atoms with Gasteiger partial charge >= 0.3 is 5.97 Å². The smallest absolute Gasteiger partial charge is 0.357 e. The van der Waals surface area contributed by atoms with Crippen LogP contribution in [-0.2, 0) is 0 Å². The fourth-order valence-corrected chi connectivity index (χ4v) is 2.23. The molecule has 2 N–H and O–H groups in total. The van der Waals surface area contributed by atoms with E-state index in [2.05, 4.69) is 10.3 Å². The minimum Gasteiger partial charge on any atom is -0.476 e. The van der Waals surface area contributed by atoms with Crippen LogP contribution < -0.4 is 5.32 Å². The highest BCUT2D eigenvalue weighted by Gasteiger charge is 2.13. The minimum atomic E-state index is -1.01. The summed E-state index contributed by atoms with van der Waals surface area (Å²) in [5.41, 5.74) is 2.47. The van der Waals surface area contributed by atoms with Crippen LogP contribution in [-0.4, -0.2) is 16.1 Å². The summed E-state index contributed by atoms with van der Waals surface area (Å²) in [4.78, 5) is 14.5. The number of nitrogens with zero attached hydrogens (tertiary/aromatic N) is 1. The van der Waals surface area contributed by atoms with Crippen LogP contribution in [0.2, 0.25) is 0 Å². The molecule has 0 amide bonds. The van der Waals surface area contributed by atoms with Crippen LogP contribution in [0.5, 0.6) is 0 Å². The van der Waals surface area contributed by atoms with Crippen LogP contribution in [0.3, 0.4) is 0 Å². The summed E-state index contributed by atoms with van der Waals surface area (Å²) >= 11 is 2.83. The van der Waals surface area contributed by atoms with Gasteiger partial charge in [0.2, 0.25) is 0 Å². The highest BCUT2D eigenvalue weighted by Crippen LogP contribution is 2.25. The number of nitrogens with one attached hydrogen (secondary N) is 1. The van der Waals surface area contributed by atoms with Crippen molar-refractivity contribution in [3.05, 3.63) is 28.0 Å². The fourth-order valence-electron chi connectivity index (χ4n) is 0.954. The van der Waals surface area contributed by atoms with E-state index >= 15 is 0 Å². The van der Waals surface area contributed by atoms with Crippen molar-refractivity contribution in [3.8, 4) is 0 Å². The average Bonchev–Trinajstić information content (AvgIpc) is 2.75. The van der Waals surface area contributed by atoms with E-state index in [1.54, 1.807) is 11.3 Å². The lowest BCUT2D eigenvalue weighted by Crippen LogP contribution is -2.00. The molecule has 14 heavy (non-hydrogen) atoms. The molecular weight excluding hydrogens is 220 g/mol. The zero-order valence-electron chi connectivity index (χ0n) is 6.93. The quantitative estimate of drug-likeness (QED) is 0.844.